The van der Waals surface area contributed by atoms with Crippen LogP contribution in [0, 0.1) is 11.8 Å². The fourth-order valence-corrected chi connectivity index (χ4v) is 6.80. The van der Waals surface area contributed by atoms with E-state index in [4.69, 9.17) is 4.98 Å². The topological polar surface area (TPSA) is 37.6 Å². The van der Waals surface area contributed by atoms with Gasteiger partial charge in [-0.3, -0.25) is 4.79 Å². The van der Waals surface area contributed by atoms with Crippen molar-refractivity contribution in [2.45, 2.75) is 50.9 Å². The Bertz CT molecular complexity index is 793. The Labute approximate surface area is 171 Å². The number of carbonyl (C=O) groups excluding carboxylic acids is 1. The molecule has 150 valence electrons. The van der Waals surface area contributed by atoms with Crippen LogP contribution < -0.4 is 4.90 Å². The lowest BCUT2D eigenvalue weighted by atomic mass is 9.75. The van der Waals surface area contributed by atoms with Gasteiger partial charge >= 0.3 is 0 Å². The first kappa shape index (κ1) is 18.6. The van der Waals surface area contributed by atoms with Gasteiger partial charge < -0.3 is 9.80 Å². The number of likely N-dealkylation sites (tertiary alicyclic amines) is 2. The lowest BCUT2D eigenvalue weighted by molar-refractivity contribution is -0.897. The van der Waals surface area contributed by atoms with Crippen LogP contribution in [0.4, 0.5) is 0 Å². The van der Waals surface area contributed by atoms with Crippen molar-refractivity contribution in [3.63, 3.8) is 0 Å². The number of nitrogens with zero attached hydrogens (tertiary/aromatic N) is 2. The quantitative estimate of drug-likeness (QED) is 0.863. The van der Waals surface area contributed by atoms with Gasteiger partial charge in [0.1, 0.15) is 0 Å². The van der Waals surface area contributed by atoms with Crippen molar-refractivity contribution < 1.29 is 9.69 Å². The number of carbonyl (C=O) groups is 1. The Hall–Kier alpha value is -1.46. The number of aromatic nitrogens is 1. The molecule has 2 aliphatic heterocycles. The van der Waals surface area contributed by atoms with Crippen LogP contribution in [0.5, 0.6) is 0 Å². The molecule has 0 bridgehead atoms. The summed E-state index contributed by atoms with van der Waals surface area (Å²) in [4.78, 5) is 21.4. The number of nitrogens with one attached hydrogen (secondary N) is 1. The van der Waals surface area contributed by atoms with Gasteiger partial charge in [-0.25, -0.2) is 4.98 Å². The summed E-state index contributed by atoms with van der Waals surface area (Å²) in [5, 5.41) is 1.30. The van der Waals surface area contributed by atoms with Crippen molar-refractivity contribution in [3.8, 4) is 0 Å². The lowest BCUT2D eigenvalue weighted by Gasteiger charge is -2.41. The van der Waals surface area contributed by atoms with E-state index in [-0.39, 0.29) is 0 Å². The van der Waals surface area contributed by atoms with Crippen molar-refractivity contribution in [2.24, 2.45) is 11.8 Å². The van der Waals surface area contributed by atoms with Crippen molar-refractivity contribution in [1.29, 1.82) is 0 Å². The van der Waals surface area contributed by atoms with Crippen molar-refractivity contribution in [1.82, 2.24) is 9.88 Å². The number of amides is 1. The molecular formula is C23H32N3OS+. The number of piperidine rings is 2. The number of benzene rings is 1. The smallest absolute Gasteiger partial charge is 0.277 e. The highest BCUT2D eigenvalue weighted by atomic mass is 32.1. The molecule has 5 heteroatoms. The van der Waals surface area contributed by atoms with Crippen molar-refractivity contribution in [3.05, 3.63) is 29.3 Å². The highest BCUT2D eigenvalue weighted by Gasteiger charge is 2.34. The van der Waals surface area contributed by atoms with Gasteiger partial charge in [0.2, 0.25) is 0 Å². The van der Waals surface area contributed by atoms with Crippen LogP contribution in [-0.4, -0.2) is 48.5 Å². The first-order valence-corrected chi connectivity index (χ1v) is 12.0. The molecule has 1 amide bonds. The standard InChI is InChI=1S/C23H31N3OS/c27-22(26-14-11-17-5-1-2-6-19(17)15-26)16-25-12-9-18(10-13-25)23-24-20-7-3-4-8-21(20)28-23/h3-4,7-8,17-19H,1-2,5-6,9-16H2/p+1/t17-,19+/m0/s1. The van der Waals surface area contributed by atoms with Crippen LogP contribution in [0.15, 0.2) is 24.3 Å². The highest BCUT2D eigenvalue weighted by Crippen LogP contribution is 2.36. The summed E-state index contributed by atoms with van der Waals surface area (Å²) in [7, 11) is 0. The van der Waals surface area contributed by atoms with Gasteiger partial charge in [0.05, 0.1) is 28.3 Å². The summed E-state index contributed by atoms with van der Waals surface area (Å²) in [5.41, 5.74) is 1.14. The van der Waals surface area contributed by atoms with Crippen molar-refractivity contribution in [2.75, 3.05) is 32.7 Å². The molecule has 2 saturated heterocycles. The zero-order valence-corrected chi connectivity index (χ0v) is 17.6. The third-order valence-corrected chi connectivity index (χ3v) is 8.60. The second kappa shape index (κ2) is 8.11. The maximum atomic E-state index is 12.9. The number of hydrogen-bond donors (Lipinski definition) is 1. The van der Waals surface area contributed by atoms with Gasteiger partial charge in [0.25, 0.3) is 5.91 Å². The molecule has 1 aliphatic carbocycles. The monoisotopic (exact) mass is 398 g/mol. The van der Waals surface area contributed by atoms with E-state index in [1.807, 2.05) is 11.3 Å². The first-order valence-electron chi connectivity index (χ1n) is 11.2. The molecule has 1 N–H and O–H groups in total. The molecule has 2 atom stereocenters. The third kappa shape index (κ3) is 3.84. The molecule has 4 nitrogen and oxygen atoms in total. The number of hydrogen-bond acceptors (Lipinski definition) is 3. The fourth-order valence-electron chi connectivity index (χ4n) is 5.67. The normalized spacial score (nSPS) is 30.9. The minimum absolute atomic E-state index is 0.400. The SMILES string of the molecule is O=C(C[NH+]1CCC(c2nc3ccccc3s2)CC1)N1CC[C@@H]2CCCC[C@@H]2C1. The summed E-state index contributed by atoms with van der Waals surface area (Å²) in [5.74, 6) is 2.66. The van der Waals surface area contributed by atoms with Gasteiger partial charge in [-0.05, 0) is 36.8 Å². The average molecular weight is 399 g/mol. The van der Waals surface area contributed by atoms with E-state index in [0.717, 1.165) is 56.4 Å². The first-order chi connectivity index (χ1) is 13.8. The molecule has 1 saturated carbocycles. The molecule has 0 unspecified atom stereocenters. The number of thiazole rings is 1. The van der Waals surface area contributed by atoms with Crippen LogP contribution in [0.1, 0.15) is 55.9 Å². The fraction of sp³-hybridized carbons (Fsp3) is 0.652. The van der Waals surface area contributed by atoms with E-state index in [1.165, 1.54) is 46.7 Å². The Kier molecular flexibility index (Phi) is 5.38. The Morgan fingerprint density at radius 1 is 1.07 bits per heavy atom. The highest BCUT2D eigenvalue weighted by molar-refractivity contribution is 7.18. The predicted molar refractivity (Wildman–Crippen MR) is 114 cm³/mol. The molecule has 5 rings (SSSR count). The minimum Gasteiger partial charge on any atom is -0.338 e. The summed E-state index contributed by atoms with van der Waals surface area (Å²) in [6.45, 7) is 4.94. The molecule has 3 heterocycles. The summed E-state index contributed by atoms with van der Waals surface area (Å²) < 4.78 is 1.30. The Morgan fingerprint density at radius 3 is 2.68 bits per heavy atom. The number of rotatable bonds is 3. The van der Waals surface area contributed by atoms with Crippen molar-refractivity contribution >= 4 is 27.5 Å². The van der Waals surface area contributed by atoms with Gasteiger partial charge in [-0.2, -0.15) is 0 Å². The molecule has 0 spiro atoms. The van der Waals surface area contributed by atoms with Crippen LogP contribution in [0.25, 0.3) is 10.2 Å². The summed E-state index contributed by atoms with van der Waals surface area (Å²) >= 11 is 1.86. The second-order valence-electron chi connectivity index (χ2n) is 9.15. The number of quaternary nitrogens is 1. The average Bonchev–Trinajstić information content (AvgIpc) is 3.18. The third-order valence-electron chi connectivity index (χ3n) is 7.40. The largest absolute Gasteiger partial charge is 0.338 e. The van der Waals surface area contributed by atoms with Gasteiger partial charge in [0.15, 0.2) is 6.54 Å². The zero-order chi connectivity index (χ0) is 18.9. The predicted octanol–water partition coefficient (Wildman–Crippen LogP) is 3.10. The van der Waals surface area contributed by atoms with Crippen LogP contribution in [0.3, 0.4) is 0 Å². The molecule has 2 aromatic rings. The molecule has 0 radical (unpaired) electrons. The van der Waals surface area contributed by atoms with Crippen LogP contribution in [0.2, 0.25) is 0 Å². The molecule has 28 heavy (non-hydrogen) atoms. The Balaban J connectivity index is 1.13. The number of para-hydroxylation sites is 1. The molecule has 1 aromatic carbocycles. The van der Waals surface area contributed by atoms with Crippen LogP contribution in [-0.2, 0) is 4.79 Å². The van der Waals surface area contributed by atoms with E-state index in [2.05, 4.69) is 29.2 Å². The summed E-state index contributed by atoms with van der Waals surface area (Å²) in [6, 6.07) is 8.45. The zero-order valence-electron chi connectivity index (χ0n) is 16.7. The minimum atomic E-state index is 0.400. The molecule has 1 aromatic heterocycles. The Morgan fingerprint density at radius 2 is 1.86 bits per heavy atom. The molecular weight excluding hydrogens is 366 g/mol. The van der Waals surface area contributed by atoms with Gasteiger partial charge in [0, 0.05) is 31.8 Å². The molecule has 3 fully saturated rings. The van der Waals surface area contributed by atoms with Gasteiger partial charge in [-0.15, -0.1) is 11.3 Å². The van der Waals surface area contributed by atoms with E-state index in [0.29, 0.717) is 18.4 Å². The number of fused-ring (bicyclic) bond motifs is 2. The van der Waals surface area contributed by atoms with Gasteiger partial charge in [-0.1, -0.05) is 31.4 Å². The maximum Gasteiger partial charge on any atom is 0.277 e. The second-order valence-corrected chi connectivity index (χ2v) is 10.2. The van der Waals surface area contributed by atoms with E-state index in [9.17, 15) is 4.79 Å². The van der Waals surface area contributed by atoms with E-state index < -0.39 is 0 Å². The van der Waals surface area contributed by atoms with Crippen LogP contribution >= 0.6 is 11.3 Å². The summed E-state index contributed by atoms with van der Waals surface area (Å²) in [6.07, 6.45) is 9.08. The maximum absolute atomic E-state index is 12.9. The molecule has 3 aliphatic rings. The lowest BCUT2D eigenvalue weighted by Crippen LogP contribution is -3.14. The van der Waals surface area contributed by atoms with E-state index in [1.54, 1.807) is 0 Å². The van der Waals surface area contributed by atoms with E-state index >= 15 is 0 Å².